The van der Waals surface area contributed by atoms with E-state index in [1.165, 1.54) is 17.7 Å². The molecule has 3 nitrogen and oxygen atoms in total. The molecule has 0 bridgehead atoms. The van der Waals surface area contributed by atoms with E-state index in [2.05, 4.69) is 45.9 Å². The van der Waals surface area contributed by atoms with Gasteiger partial charge in [0.1, 0.15) is 0 Å². The molecule has 1 heterocycles. The van der Waals surface area contributed by atoms with Gasteiger partial charge in [0.25, 0.3) is 0 Å². The fourth-order valence-electron chi connectivity index (χ4n) is 3.94. The summed E-state index contributed by atoms with van der Waals surface area (Å²) in [6.07, 6.45) is 5.41. The maximum atomic E-state index is 11.3. The molecule has 0 N–H and O–H groups in total. The minimum absolute atomic E-state index is 0.163. The first-order chi connectivity index (χ1) is 9.15. The second kappa shape index (κ2) is 5.01. The molecule has 0 saturated carbocycles. The molecule has 3 heteroatoms. The van der Waals surface area contributed by atoms with Crippen LogP contribution in [0.3, 0.4) is 0 Å². The van der Waals surface area contributed by atoms with E-state index < -0.39 is 0 Å². The fraction of sp³-hybridized carbons (Fsp3) is 0.765. The van der Waals surface area contributed by atoms with Crippen LogP contribution in [0.2, 0.25) is 0 Å². The molecule has 2 rings (SSSR count). The molecule has 1 unspecified atom stereocenters. The molecule has 1 atom stereocenters. The summed E-state index contributed by atoms with van der Waals surface area (Å²) in [4.78, 5) is 11.3. The van der Waals surface area contributed by atoms with Crippen molar-refractivity contribution >= 4 is 5.78 Å². The predicted molar refractivity (Wildman–Crippen MR) is 81.7 cm³/mol. The van der Waals surface area contributed by atoms with Crippen LogP contribution in [0.15, 0.2) is 6.20 Å². The quantitative estimate of drug-likeness (QED) is 0.844. The number of nitrogens with zero attached hydrogens (tertiary/aromatic N) is 2. The van der Waals surface area contributed by atoms with Crippen LogP contribution >= 0.6 is 0 Å². The van der Waals surface area contributed by atoms with Crippen molar-refractivity contribution in [2.24, 2.45) is 16.7 Å². The number of aryl methyl sites for hydroxylation is 1. The van der Waals surface area contributed by atoms with Crippen LogP contribution in [0, 0.1) is 16.7 Å². The van der Waals surface area contributed by atoms with E-state index in [-0.39, 0.29) is 11.2 Å². The Morgan fingerprint density at radius 3 is 2.60 bits per heavy atom. The molecule has 0 fully saturated rings. The summed E-state index contributed by atoms with van der Waals surface area (Å²) in [5, 5.41) is 4.59. The zero-order valence-electron chi connectivity index (χ0n) is 13.8. The first-order valence-electron chi connectivity index (χ1n) is 7.70. The zero-order chi connectivity index (χ0) is 15.1. The van der Waals surface area contributed by atoms with E-state index in [0.717, 1.165) is 12.8 Å². The average Bonchev–Trinajstić information content (AvgIpc) is 2.66. The minimum atomic E-state index is 0.163. The van der Waals surface area contributed by atoms with Crippen LogP contribution in [0.25, 0.3) is 0 Å². The lowest BCUT2D eigenvalue weighted by atomic mass is 9.54. The number of hydrogen-bond donors (Lipinski definition) is 0. The molecule has 0 radical (unpaired) electrons. The lowest BCUT2D eigenvalue weighted by Gasteiger charge is -2.50. The third kappa shape index (κ3) is 2.55. The number of Topliss-reactive ketones (excluding diaryl/α,β-unsaturated/α-hetero) is 1. The van der Waals surface area contributed by atoms with Gasteiger partial charge in [-0.2, -0.15) is 5.10 Å². The molecule has 0 saturated heterocycles. The summed E-state index contributed by atoms with van der Waals surface area (Å²) in [5.74, 6) is 0.808. The smallest absolute Gasteiger partial charge is 0.151 e. The minimum Gasteiger partial charge on any atom is -0.298 e. The van der Waals surface area contributed by atoms with Gasteiger partial charge in [-0.25, -0.2) is 0 Å². The molecule has 1 aromatic rings. The van der Waals surface area contributed by atoms with Gasteiger partial charge in [-0.3, -0.25) is 9.48 Å². The predicted octanol–water partition coefficient (Wildman–Crippen LogP) is 3.65. The Hall–Kier alpha value is -1.12. The van der Waals surface area contributed by atoms with E-state index in [0.29, 0.717) is 17.9 Å². The zero-order valence-corrected chi connectivity index (χ0v) is 13.8. The van der Waals surface area contributed by atoms with E-state index in [4.69, 9.17) is 0 Å². The van der Waals surface area contributed by atoms with Gasteiger partial charge < -0.3 is 0 Å². The topological polar surface area (TPSA) is 34.9 Å². The standard InChI is InChI=1S/C17H28N2O/c1-12(2)17(16(4,5)6)8-7-15-14(9-17)11-19(18-15)10-13(3)20/h11-12H,7-10H2,1-6H3. The maximum absolute atomic E-state index is 11.3. The number of ketones is 1. The summed E-state index contributed by atoms with van der Waals surface area (Å²) in [5.41, 5.74) is 3.15. The number of carbonyl (C=O) groups excluding carboxylic acids is 1. The lowest BCUT2D eigenvalue weighted by molar-refractivity contribution is -0.117. The first kappa shape index (κ1) is 15.3. The molecular weight excluding hydrogens is 248 g/mol. The normalized spacial score (nSPS) is 22.9. The second-order valence-electron chi connectivity index (χ2n) is 7.74. The SMILES string of the molecule is CC(=O)Cn1cc2c(n1)CCC(C(C)C)(C(C)(C)C)C2. The Morgan fingerprint density at radius 2 is 2.10 bits per heavy atom. The van der Waals surface area contributed by atoms with Gasteiger partial charge in [0.05, 0.1) is 12.2 Å². The summed E-state index contributed by atoms with van der Waals surface area (Å²) in [7, 11) is 0. The number of hydrogen-bond acceptors (Lipinski definition) is 2. The fourth-order valence-corrected chi connectivity index (χ4v) is 3.94. The molecule has 0 aliphatic heterocycles. The van der Waals surface area contributed by atoms with Gasteiger partial charge in [-0.15, -0.1) is 0 Å². The van der Waals surface area contributed by atoms with Gasteiger partial charge >= 0.3 is 0 Å². The Labute approximate surface area is 122 Å². The summed E-state index contributed by atoms with van der Waals surface area (Å²) in [6.45, 7) is 13.8. The highest BCUT2D eigenvalue weighted by molar-refractivity contribution is 5.75. The number of carbonyl (C=O) groups is 1. The van der Waals surface area contributed by atoms with E-state index in [1.807, 2.05) is 4.68 Å². The van der Waals surface area contributed by atoms with Crippen molar-refractivity contribution < 1.29 is 4.79 Å². The highest BCUT2D eigenvalue weighted by Gasteiger charge is 2.46. The maximum Gasteiger partial charge on any atom is 0.151 e. The van der Waals surface area contributed by atoms with E-state index in [9.17, 15) is 4.79 Å². The van der Waals surface area contributed by atoms with Gasteiger partial charge in [-0.1, -0.05) is 34.6 Å². The van der Waals surface area contributed by atoms with Crippen LogP contribution in [0.1, 0.15) is 59.2 Å². The van der Waals surface area contributed by atoms with Crippen molar-refractivity contribution in [1.29, 1.82) is 0 Å². The average molecular weight is 276 g/mol. The monoisotopic (exact) mass is 276 g/mol. The Bertz CT molecular complexity index is 508. The molecule has 112 valence electrons. The number of rotatable bonds is 3. The summed E-state index contributed by atoms with van der Waals surface area (Å²) in [6, 6.07) is 0. The Kier molecular flexibility index (Phi) is 3.83. The number of fused-ring (bicyclic) bond motifs is 1. The van der Waals surface area contributed by atoms with Gasteiger partial charge in [0.2, 0.25) is 0 Å². The van der Waals surface area contributed by atoms with Crippen molar-refractivity contribution in [2.45, 2.75) is 67.3 Å². The van der Waals surface area contributed by atoms with Crippen LogP contribution in [0.5, 0.6) is 0 Å². The van der Waals surface area contributed by atoms with Crippen LogP contribution in [-0.4, -0.2) is 15.6 Å². The van der Waals surface area contributed by atoms with Gasteiger partial charge in [0, 0.05) is 6.20 Å². The summed E-state index contributed by atoms with van der Waals surface area (Å²) < 4.78 is 1.83. The van der Waals surface area contributed by atoms with Crippen LogP contribution < -0.4 is 0 Å². The largest absolute Gasteiger partial charge is 0.298 e. The molecule has 0 aromatic carbocycles. The van der Waals surface area contributed by atoms with Crippen LogP contribution in [0.4, 0.5) is 0 Å². The lowest BCUT2D eigenvalue weighted by Crippen LogP contribution is -2.44. The van der Waals surface area contributed by atoms with Gasteiger partial charge in [0.15, 0.2) is 5.78 Å². The molecule has 1 aromatic heterocycles. The van der Waals surface area contributed by atoms with Crippen molar-refractivity contribution in [3.05, 3.63) is 17.5 Å². The first-order valence-corrected chi connectivity index (χ1v) is 7.70. The van der Waals surface area contributed by atoms with Crippen molar-refractivity contribution in [1.82, 2.24) is 9.78 Å². The Balaban J connectivity index is 2.33. The van der Waals surface area contributed by atoms with Crippen molar-refractivity contribution in [3.8, 4) is 0 Å². The molecule has 0 spiro atoms. The van der Waals surface area contributed by atoms with E-state index >= 15 is 0 Å². The van der Waals surface area contributed by atoms with Crippen molar-refractivity contribution in [2.75, 3.05) is 0 Å². The van der Waals surface area contributed by atoms with Crippen molar-refractivity contribution in [3.63, 3.8) is 0 Å². The van der Waals surface area contributed by atoms with Gasteiger partial charge in [-0.05, 0) is 48.5 Å². The molecule has 20 heavy (non-hydrogen) atoms. The number of aromatic nitrogens is 2. The molecule has 1 aliphatic rings. The second-order valence-corrected chi connectivity index (χ2v) is 7.74. The third-order valence-corrected chi connectivity index (χ3v) is 5.22. The molecule has 1 aliphatic carbocycles. The van der Waals surface area contributed by atoms with Crippen LogP contribution in [-0.2, 0) is 24.2 Å². The highest BCUT2D eigenvalue weighted by Crippen LogP contribution is 2.52. The Morgan fingerprint density at radius 1 is 1.45 bits per heavy atom. The molecular formula is C17H28N2O. The molecule has 0 amide bonds. The highest BCUT2D eigenvalue weighted by atomic mass is 16.1. The summed E-state index contributed by atoms with van der Waals surface area (Å²) >= 11 is 0. The van der Waals surface area contributed by atoms with E-state index in [1.54, 1.807) is 6.92 Å². The third-order valence-electron chi connectivity index (χ3n) is 5.22.